The maximum absolute atomic E-state index is 10.5. The molecular formula is C15H21N3O. The Labute approximate surface area is 113 Å². The third-order valence-electron chi connectivity index (χ3n) is 3.34. The number of nitrogens with one attached hydrogen (secondary N) is 1. The third kappa shape index (κ3) is 3.56. The second kappa shape index (κ2) is 6.92. The van der Waals surface area contributed by atoms with Crippen molar-refractivity contribution in [3.63, 3.8) is 0 Å². The molecular weight excluding hydrogens is 238 g/mol. The van der Waals surface area contributed by atoms with Crippen molar-refractivity contribution >= 4 is 23.0 Å². The molecule has 1 N–H and O–H groups in total. The van der Waals surface area contributed by atoms with Crippen LogP contribution in [0, 0.1) is 0 Å². The molecule has 0 saturated heterocycles. The SMILES string of the molecule is CCCCCCCn1ncc2ccc(NC=O)cc21. The van der Waals surface area contributed by atoms with Gasteiger partial charge in [-0.25, -0.2) is 0 Å². The Morgan fingerprint density at radius 2 is 2.11 bits per heavy atom. The minimum atomic E-state index is 0.701. The molecule has 2 aromatic rings. The molecule has 102 valence electrons. The number of fused-ring (bicyclic) bond motifs is 1. The van der Waals surface area contributed by atoms with E-state index in [1.165, 1.54) is 25.7 Å². The average Bonchev–Trinajstić information content (AvgIpc) is 2.82. The van der Waals surface area contributed by atoms with E-state index in [4.69, 9.17) is 0 Å². The van der Waals surface area contributed by atoms with Gasteiger partial charge >= 0.3 is 0 Å². The molecule has 4 heteroatoms. The lowest BCUT2D eigenvalue weighted by atomic mass is 10.1. The molecule has 0 unspecified atom stereocenters. The number of hydrogen-bond donors (Lipinski definition) is 1. The normalized spacial score (nSPS) is 10.8. The number of aryl methyl sites for hydroxylation is 1. The zero-order valence-corrected chi connectivity index (χ0v) is 11.4. The number of carbonyl (C=O) groups excluding carboxylic acids is 1. The minimum absolute atomic E-state index is 0.701. The van der Waals surface area contributed by atoms with Gasteiger partial charge in [-0.2, -0.15) is 5.10 Å². The molecule has 0 saturated carbocycles. The molecule has 1 aromatic heterocycles. The minimum Gasteiger partial charge on any atom is -0.329 e. The van der Waals surface area contributed by atoms with Gasteiger partial charge in [0.1, 0.15) is 0 Å². The van der Waals surface area contributed by atoms with Gasteiger partial charge in [-0.05, 0) is 24.6 Å². The summed E-state index contributed by atoms with van der Waals surface area (Å²) < 4.78 is 2.03. The summed E-state index contributed by atoms with van der Waals surface area (Å²) in [6.45, 7) is 3.17. The second-order valence-corrected chi connectivity index (χ2v) is 4.82. The number of carbonyl (C=O) groups is 1. The van der Waals surface area contributed by atoms with E-state index >= 15 is 0 Å². The summed E-state index contributed by atoms with van der Waals surface area (Å²) in [6, 6.07) is 5.86. The van der Waals surface area contributed by atoms with Crippen LogP contribution < -0.4 is 5.32 Å². The van der Waals surface area contributed by atoms with Gasteiger partial charge in [-0.15, -0.1) is 0 Å². The lowest BCUT2D eigenvalue weighted by molar-refractivity contribution is -0.105. The number of unbranched alkanes of at least 4 members (excludes halogenated alkanes) is 4. The van der Waals surface area contributed by atoms with E-state index in [0.717, 1.165) is 29.6 Å². The fourth-order valence-electron chi connectivity index (χ4n) is 2.27. The van der Waals surface area contributed by atoms with Crippen molar-refractivity contribution in [1.82, 2.24) is 9.78 Å². The summed E-state index contributed by atoms with van der Waals surface area (Å²) in [6.07, 6.45) is 8.87. The van der Waals surface area contributed by atoms with Crippen LogP contribution in [0.3, 0.4) is 0 Å². The first-order valence-corrected chi connectivity index (χ1v) is 7.01. The molecule has 2 rings (SSSR count). The van der Waals surface area contributed by atoms with Crippen molar-refractivity contribution in [3.8, 4) is 0 Å². The Morgan fingerprint density at radius 3 is 2.89 bits per heavy atom. The largest absolute Gasteiger partial charge is 0.329 e. The van der Waals surface area contributed by atoms with E-state index in [1.807, 2.05) is 29.1 Å². The number of hydrogen-bond acceptors (Lipinski definition) is 2. The summed E-state index contributed by atoms with van der Waals surface area (Å²) in [5.41, 5.74) is 1.90. The predicted octanol–water partition coefficient (Wildman–Crippen LogP) is 3.58. The summed E-state index contributed by atoms with van der Waals surface area (Å²) in [5, 5.41) is 8.21. The Hall–Kier alpha value is -1.84. The quantitative estimate of drug-likeness (QED) is 0.582. The third-order valence-corrected chi connectivity index (χ3v) is 3.34. The Balaban J connectivity index is 2.01. The highest BCUT2D eigenvalue weighted by Gasteiger charge is 2.03. The highest BCUT2D eigenvalue weighted by molar-refractivity contribution is 5.85. The number of aromatic nitrogens is 2. The summed E-state index contributed by atoms with van der Waals surface area (Å²) in [7, 11) is 0. The smallest absolute Gasteiger partial charge is 0.211 e. The van der Waals surface area contributed by atoms with Crippen molar-refractivity contribution < 1.29 is 4.79 Å². The van der Waals surface area contributed by atoms with E-state index < -0.39 is 0 Å². The van der Waals surface area contributed by atoms with Crippen molar-refractivity contribution in [2.75, 3.05) is 5.32 Å². The molecule has 4 nitrogen and oxygen atoms in total. The Bertz CT molecular complexity index is 533. The van der Waals surface area contributed by atoms with Gasteiger partial charge in [0.2, 0.25) is 6.41 Å². The van der Waals surface area contributed by atoms with Crippen LogP contribution in [-0.4, -0.2) is 16.2 Å². The molecule has 0 fully saturated rings. The maximum Gasteiger partial charge on any atom is 0.211 e. The fourth-order valence-corrected chi connectivity index (χ4v) is 2.27. The molecule has 0 aliphatic rings. The van der Waals surface area contributed by atoms with Gasteiger partial charge in [0.05, 0.1) is 11.7 Å². The summed E-state index contributed by atoms with van der Waals surface area (Å²) >= 11 is 0. The standard InChI is InChI=1S/C15H21N3O/c1-2-3-4-5-6-9-18-15-10-14(16-12-19)8-7-13(15)11-17-18/h7-8,10-12H,2-6,9H2,1H3,(H,16,19). The summed E-state index contributed by atoms with van der Waals surface area (Å²) in [4.78, 5) is 10.5. The number of amides is 1. The van der Waals surface area contributed by atoms with Gasteiger partial charge in [0.15, 0.2) is 0 Å². The molecule has 0 aliphatic carbocycles. The van der Waals surface area contributed by atoms with Crippen LogP contribution >= 0.6 is 0 Å². The van der Waals surface area contributed by atoms with Crippen molar-refractivity contribution in [2.24, 2.45) is 0 Å². The molecule has 19 heavy (non-hydrogen) atoms. The molecule has 1 amide bonds. The molecule has 0 radical (unpaired) electrons. The lowest BCUT2D eigenvalue weighted by Gasteiger charge is -2.05. The van der Waals surface area contributed by atoms with Crippen molar-refractivity contribution in [3.05, 3.63) is 24.4 Å². The van der Waals surface area contributed by atoms with Crippen LogP contribution in [0.1, 0.15) is 39.0 Å². The van der Waals surface area contributed by atoms with Crippen LogP contribution in [0.25, 0.3) is 10.9 Å². The molecule has 1 heterocycles. The topological polar surface area (TPSA) is 46.9 Å². The van der Waals surface area contributed by atoms with Crippen LogP contribution in [0.15, 0.2) is 24.4 Å². The van der Waals surface area contributed by atoms with Crippen molar-refractivity contribution in [1.29, 1.82) is 0 Å². The Morgan fingerprint density at radius 1 is 1.26 bits per heavy atom. The van der Waals surface area contributed by atoms with Gasteiger partial charge in [0, 0.05) is 17.6 Å². The van der Waals surface area contributed by atoms with Crippen molar-refractivity contribution in [2.45, 2.75) is 45.6 Å². The molecule has 0 spiro atoms. The number of nitrogens with zero attached hydrogens (tertiary/aromatic N) is 2. The summed E-state index contributed by atoms with van der Waals surface area (Å²) in [5.74, 6) is 0. The first kappa shape index (κ1) is 13.6. The van der Waals surface area contributed by atoms with E-state index in [2.05, 4.69) is 17.3 Å². The molecule has 0 aliphatic heterocycles. The molecule has 0 atom stereocenters. The van der Waals surface area contributed by atoms with E-state index in [1.54, 1.807) is 0 Å². The van der Waals surface area contributed by atoms with Crippen LogP contribution in [0.4, 0.5) is 5.69 Å². The first-order valence-electron chi connectivity index (χ1n) is 7.01. The van der Waals surface area contributed by atoms with Gasteiger partial charge in [-0.3, -0.25) is 9.48 Å². The van der Waals surface area contributed by atoms with Gasteiger partial charge in [-0.1, -0.05) is 32.6 Å². The van der Waals surface area contributed by atoms with Gasteiger partial charge < -0.3 is 5.32 Å². The average molecular weight is 259 g/mol. The van der Waals surface area contributed by atoms with Gasteiger partial charge in [0.25, 0.3) is 0 Å². The highest BCUT2D eigenvalue weighted by atomic mass is 16.1. The van der Waals surface area contributed by atoms with E-state index in [-0.39, 0.29) is 0 Å². The molecule has 0 bridgehead atoms. The highest BCUT2D eigenvalue weighted by Crippen LogP contribution is 2.19. The number of rotatable bonds is 8. The monoisotopic (exact) mass is 259 g/mol. The zero-order valence-electron chi connectivity index (χ0n) is 11.4. The predicted molar refractivity (Wildman–Crippen MR) is 78.2 cm³/mol. The maximum atomic E-state index is 10.5. The van der Waals surface area contributed by atoms with E-state index in [0.29, 0.717) is 6.41 Å². The lowest BCUT2D eigenvalue weighted by Crippen LogP contribution is -2.00. The van der Waals surface area contributed by atoms with Crippen LogP contribution in [0.2, 0.25) is 0 Å². The number of anilines is 1. The van der Waals surface area contributed by atoms with Crippen LogP contribution in [0.5, 0.6) is 0 Å². The Kier molecular flexibility index (Phi) is 4.95. The first-order chi connectivity index (χ1) is 9.35. The molecule has 1 aromatic carbocycles. The number of benzene rings is 1. The second-order valence-electron chi connectivity index (χ2n) is 4.82. The fraction of sp³-hybridized carbons (Fsp3) is 0.467. The zero-order chi connectivity index (χ0) is 13.5. The van der Waals surface area contributed by atoms with E-state index in [9.17, 15) is 4.79 Å². The van der Waals surface area contributed by atoms with Crippen LogP contribution in [-0.2, 0) is 11.3 Å².